The minimum Gasteiger partial charge on any atom is -0.245 e. The average Bonchev–Trinajstić information content (AvgIpc) is 2.63. The lowest BCUT2D eigenvalue weighted by atomic mass is 9.98. The van der Waals surface area contributed by atoms with Crippen molar-refractivity contribution in [3.05, 3.63) is 95.2 Å². The van der Waals surface area contributed by atoms with Gasteiger partial charge in [-0.1, -0.05) is 60.2 Å². The van der Waals surface area contributed by atoms with E-state index >= 15 is 0 Å². The van der Waals surface area contributed by atoms with Crippen molar-refractivity contribution in [2.75, 3.05) is 0 Å². The van der Waals surface area contributed by atoms with Crippen LogP contribution in [0.5, 0.6) is 0 Å². The second-order valence-electron chi connectivity index (χ2n) is 6.25. The summed E-state index contributed by atoms with van der Waals surface area (Å²) in [6, 6.07) is 20.7. The Morgan fingerprint density at radius 3 is 2.32 bits per heavy atom. The van der Waals surface area contributed by atoms with Crippen molar-refractivity contribution in [1.29, 1.82) is 0 Å². The highest BCUT2D eigenvalue weighted by molar-refractivity contribution is 7.91. The second-order valence-corrected chi connectivity index (χ2v) is 8.33. The zero-order valence-electron chi connectivity index (χ0n) is 14.4. The zero-order valence-corrected chi connectivity index (χ0v) is 15.2. The standard InChI is InChI=1S/C21H21NO2S/c1-16-11-12-17(2)19(14-16)20(15-18-8-4-3-5-9-18)25(23,24)21-10-6-7-13-22-21/h3-14,20H,15H2,1-2H3. The number of pyridine rings is 1. The molecule has 0 aliphatic rings. The fourth-order valence-corrected chi connectivity index (χ4v) is 4.75. The van der Waals surface area contributed by atoms with Crippen LogP contribution in [0.15, 0.2) is 78.0 Å². The molecule has 1 heterocycles. The molecule has 1 aromatic heterocycles. The van der Waals surface area contributed by atoms with Crippen LogP contribution >= 0.6 is 0 Å². The van der Waals surface area contributed by atoms with Gasteiger partial charge in [-0.3, -0.25) is 0 Å². The van der Waals surface area contributed by atoms with E-state index in [-0.39, 0.29) is 5.03 Å². The first-order valence-electron chi connectivity index (χ1n) is 8.24. The third-order valence-corrected chi connectivity index (χ3v) is 6.34. The molecule has 3 aromatic rings. The molecule has 2 aromatic carbocycles. The van der Waals surface area contributed by atoms with Gasteiger partial charge in [0.1, 0.15) is 0 Å². The van der Waals surface area contributed by atoms with E-state index in [1.807, 2.05) is 62.4 Å². The molecule has 0 bridgehead atoms. The van der Waals surface area contributed by atoms with E-state index in [1.165, 1.54) is 6.20 Å². The number of hydrogen-bond acceptors (Lipinski definition) is 3. The topological polar surface area (TPSA) is 47.0 Å². The highest BCUT2D eigenvalue weighted by Gasteiger charge is 2.31. The minimum atomic E-state index is -3.60. The fraction of sp³-hybridized carbons (Fsp3) is 0.190. The fourth-order valence-electron chi connectivity index (χ4n) is 2.98. The molecule has 0 fully saturated rings. The maximum Gasteiger partial charge on any atom is 0.202 e. The first kappa shape index (κ1) is 17.4. The second kappa shape index (κ2) is 7.19. The van der Waals surface area contributed by atoms with Crippen molar-refractivity contribution in [2.24, 2.45) is 0 Å². The molecule has 128 valence electrons. The van der Waals surface area contributed by atoms with Gasteiger partial charge in [-0.05, 0) is 49.1 Å². The Kier molecular flexibility index (Phi) is 5.00. The van der Waals surface area contributed by atoms with Crippen LogP contribution in [-0.2, 0) is 16.3 Å². The maximum absolute atomic E-state index is 13.3. The van der Waals surface area contributed by atoms with Crippen molar-refractivity contribution >= 4 is 9.84 Å². The van der Waals surface area contributed by atoms with E-state index in [9.17, 15) is 8.42 Å². The van der Waals surface area contributed by atoms with E-state index in [2.05, 4.69) is 4.98 Å². The summed E-state index contributed by atoms with van der Waals surface area (Å²) in [6.07, 6.45) is 1.94. The third kappa shape index (κ3) is 3.80. The molecule has 4 heteroatoms. The van der Waals surface area contributed by atoms with E-state index in [4.69, 9.17) is 0 Å². The van der Waals surface area contributed by atoms with E-state index < -0.39 is 15.1 Å². The number of benzene rings is 2. The summed E-state index contributed by atoms with van der Waals surface area (Å²) >= 11 is 0. The van der Waals surface area contributed by atoms with Gasteiger partial charge in [-0.2, -0.15) is 0 Å². The van der Waals surface area contributed by atoms with Gasteiger partial charge in [-0.25, -0.2) is 13.4 Å². The molecule has 0 saturated heterocycles. The molecule has 0 saturated carbocycles. The van der Waals surface area contributed by atoms with Crippen LogP contribution in [0, 0.1) is 13.8 Å². The quantitative estimate of drug-likeness (QED) is 0.682. The van der Waals surface area contributed by atoms with Crippen LogP contribution in [0.2, 0.25) is 0 Å². The number of rotatable bonds is 5. The van der Waals surface area contributed by atoms with Crippen LogP contribution in [0.4, 0.5) is 0 Å². The van der Waals surface area contributed by atoms with Gasteiger partial charge in [0.05, 0.1) is 5.25 Å². The van der Waals surface area contributed by atoms with Crippen LogP contribution in [0.1, 0.15) is 27.5 Å². The minimum absolute atomic E-state index is 0.122. The average molecular weight is 351 g/mol. The summed E-state index contributed by atoms with van der Waals surface area (Å²) in [5.74, 6) is 0. The number of nitrogens with zero attached hydrogens (tertiary/aromatic N) is 1. The Morgan fingerprint density at radius 2 is 1.64 bits per heavy atom. The highest BCUT2D eigenvalue weighted by atomic mass is 32.2. The van der Waals surface area contributed by atoms with Gasteiger partial charge < -0.3 is 0 Å². The van der Waals surface area contributed by atoms with Crippen molar-refractivity contribution in [3.63, 3.8) is 0 Å². The lowest BCUT2D eigenvalue weighted by Crippen LogP contribution is -2.18. The monoisotopic (exact) mass is 351 g/mol. The molecule has 3 nitrogen and oxygen atoms in total. The normalized spacial score (nSPS) is 12.7. The summed E-state index contributed by atoms with van der Waals surface area (Å²) in [5.41, 5.74) is 3.86. The summed E-state index contributed by atoms with van der Waals surface area (Å²) in [5, 5.41) is -0.540. The van der Waals surface area contributed by atoms with Gasteiger partial charge >= 0.3 is 0 Å². The third-order valence-electron chi connectivity index (χ3n) is 4.35. The lowest BCUT2D eigenvalue weighted by Gasteiger charge is -2.20. The Balaban J connectivity index is 2.14. The van der Waals surface area contributed by atoms with Crippen LogP contribution in [-0.4, -0.2) is 13.4 Å². The number of hydrogen-bond donors (Lipinski definition) is 0. The zero-order chi connectivity index (χ0) is 17.9. The maximum atomic E-state index is 13.3. The molecule has 0 aliphatic carbocycles. The van der Waals surface area contributed by atoms with Crippen molar-refractivity contribution < 1.29 is 8.42 Å². The smallest absolute Gasteiger partial charge is 0.202 e. The Hall–Kier alpha value is -2.46. The number of sulfone groups is 1. The SMILES string of the molecule is Cc1ccc(C)c(C(Cc2ccccc2)S(=O)(=O)c2ccccn2)c1. The summed E-state index contributed by atoms with van der Waals surface area (Å²) in [6.45, 7) is 3.94. The largest absolute Gasteiger partial charge is 0.245 e. The molecule has 0 amide bonds. The van der Waals surface area contributed by atoms with Crippen LogP contribution in [0.3, 0.4) is 0 Å². The predicted molar refractivity (Wildman–Crippen MR) is 100 cm³/mol. The Labute approximate surface area is 149 Å². The molecule has 0 aliphatic heterocycles. The van der Waals surface area contributed by atoms with Crippen molar-refractivity contribution in [2.45, 2.75) is 30.5 Å². The Morgan fingerprint density at radius 1 is 0.920 bits per heavy atom. The molecule has 0 spiro atoms. The van der Waals surface area contributed by atoms with Gasteiger partial charge in [0.15, 0.2) is 5.03 Å². The van der Waals surface area contributed by atoms with Crippen LogP contribution < -0.4 is 0 Å². The molecule has 0 radical (unpaired) electrons. The van der Waals surface area contributed by atoms with Crippen LogP contribution in [0.25, 0.3) is 0 Å². The molecule has 1 unspecified atom stereocenters. The van der Waals surface area contributed by atoms with E-state index in [0.29, 0.717) is 6.42 Å². The summed E-state index contributed by atoms with van der Waals surface area (Å²) in [7, 11) is -3.60. The highest BCUT2D eigenvalue weighted by Crippen LogP contribution is 2.33. The van der Waals surface area contributed by atoms with E-state index in [1.54, 1.807) is 18.2 Å². The van der Waals surface area contributed by atoms with Crippen molar-refractivity contribution in [3.8, 4) is 0 Å². The molecular weight excluding hydrogens is 330 g/mol. The molecule has 1 atom stereocenters. The first-order valence-corrected chi connectivity index (χ1v) is 9.79. The van der Waals surface area contributed by atoms with Gasteiger partial charge in [0, 0.05) is 6.20 Å². The van der Waals surface area contributed by atoms with Crippen molar-refractivity contribution in [1.82, 2.24) is 4.98 Å². The molecule has 0 N–H and O–H groups in total. The first-order chi connectivity index (χ1) is 12.0. The molecule has 3 rings (SSSR count). The summed E-state index contributed by atoms with van der Waals surface area (Å²) < 4.78 is 26.7. The number of aryl methyl sites for hydroxylation is 2. The molecule has 25 heavy (non-hydrogen) atoms. The Bertz CT molecular complexity index is 952. The summed E-state index contributed by atoms with van der Waals surface area (Å²) in [4.78, 5) is 4.10. The predicted octanol–water partition coefficient (Wildman–Crippen LogP) is 4.46. The van der Waals surface area contributed by atoms with Gasteiger partial charge in [0.25, 0.3) is 0 Å². The van der Waals surface area contributed by atoms with E-state index in [0.717, 1.165) is 22.3 Å². The van der Waals surface area contributed by atoms with Gasteiger partial charge in [0.2, 0.25) is 9.84 Å². The molecular formula is C21H21NO2S. The lowest BCUT2D eigenvalue weighted by molar-refractivity contribution is 0.576. The number of aromatic nitrogens is 1. The van der Waals surface area contributed by atoms with Gasteiger partial charge in [-0.15, -0.1) is 0 Å².